The third kappa shape index (κ3) is 2.14. The van der Waals surface area contributed by atoms with Gasteiger partial charge in [0.15, 0.2) is 5.69 Å². The molecule has 1 unspecified atom stereocenters. The number of aromatic carboxylic acids is 1. The molecule has 0 aliphatic heterocycles. The van der Waals surface area contributed by atoms with Crippen LogP contribution >= 0.6 is 9.24 Å². The van der Waals surface area contributed by atoms with Crippen LogP contribution in [0.3, 0.4) is 0 Å². The van der Waals surface area contributed by atoms with E-state index in [1.54, 1.807) is 0 Å². The summed E-state index contributed by atoms with van der Waals surface area (Å²) >= 11 is 0. The Kier molecular flexibility index (Phi) is 2.66. The van der Waals surface area contributed by atoms with Crippen LogP contribution < -0.4 is 0 Å². The fourth-order valence-electron chi connectivity index (χ4n) is 0.827. The summed E-state index contributed by atoms with van der Waals surface area (Å²) < 4.78 is 25.3. The predicted octanol–water partition coefficient (Wildman–Crippen LogP) is 1.41. The zero-order valence-corrected chi connectivity index (χ0v) is 7.89. The molecule has 4 nitrogen and oxygen atoms in total. The fourth-order valence-corrected chi connectivity index (χ4v) is 1.05. The first-order valence-corrected chi connectivity index (χ1v) is 3.99. The fraction of sp³-hybridized carbons (Fsp3) is 0.143. The van der Waals surface area contributed by atoms with Crippen molar-refractivity contribution in [1.82, 2.24) is 4.98 Å². The van der Waals surface area contributed by atoms with Crippen molar-refractivity contribution in [3.63, 3.8) is 0 Å². The van der Waals surface area contributed by atoms with Crippen molar-refractivity contribution >= 4 is 15.2 Å². The van der Waals surface area contributed by atoms with Gasteiger partial charge in [-0.15, -0.1) is 0 Å². The summed E-state index contributed by atoms with van der Waals surface area (Å²) in [5, 5.41) is 17.5. The van der Waals surface area contributed by atoms with E-state index in [2.05, 4.69) is 4.98 Å². The minimum atomic E-state index is -3.37. The van der Waals surface area contributed by atoms with Gasteiger partial charge in [-0.2, -0.15) is 8.78 Å². The van der Waals surface area contributed by atoms with Crippen molar-refractivity contribution in [3.8, 4) is 5.75 Å². The molecule has 7 heteroatoms. The Morgan fingerprint density at radius 3 is 2.50 bits per heavy atom. The number of aromatic nitrogens is 1. The molecule has 0 bridgehead atoms. The SMILES string of the molecule is O=C(O)c1cnc(C(F)(F)P)c(O)c1. The summed E-state index contributed by atoms with van der Waals surface area (Å²) in [6.07, 6.45) is 0.759. The van der Waals surface area contributed by atoms with Crippen molar-refractivity contribution in [2.45, 2.75) is 5.66 Å². The van der Waals surface area contributed by atoms with E-state index < -0.39 is 23.1 Å². The zero-order chi connectivity index (χ0) is 10.9. The molecule has 1 aromatic rings. The van der Waals surface area contributed by atoms with Gasteiger partial charge in [-0.25, -0.2) is 9.78 Å². The number of halogens is 2. The number of aromatic hydroxyl groups is 1. The summed E-state index contributed by atoms with van der Waals surface area (Å²) in [7, 11) is 1.20. The number of rotatable bonds is 2. The molecule has 0 aromatic carbocycles. The van der Waals surface area contributed by atoms with Gasteiger partial charge in [-0.05, 0) is 6.07 Å². The highest BCUT2D eigenvalue weighted by atomic mass is 31.0. The van der Waals surface area contributed by atoms with Gasteiger partial charge >= 0.3 is 11.6 Å². The van der Waals surface area contributed by atoms with Crippen molar-refractivity contribution in [2.75, 3.05) is 0 Å². The van der Waals surface area contributed by atoms with Crippen LogP contribution in [0.2, 0.25) is 0 Å². The van der Waals surface area contributed by atoms with Gasteiger partial charge in [0.1, 0.15) is 5.75 Å². The van der Waals surface area contributed by atoms with Crippen LogP contribution in [0.5, 0.6) is 5.75 Å². The summed E-state index contributed by atoms with van der Waals surface area (Å²) in [6, 6.07) is 0.725. The lowest BCUT2D eigenvalue weighted by atomic mass is 10.2. The van der Waals surface area contributed by atoms with Crippen molar-refractivity contribution < 1.29 is 23.8 Å². The molecule has 0 amide bonds. The van der Waals surface area contributed by atoms with Crippen LogP contribution in [-0.4, -0.2) is 21.2 Å². The molecule has 1 rings (SSSR count). The van der Waals surface area contributed by atoms with Crippen LogP contribution in [-0.2, 0) is 5.66 Å². The summed E-state index contributed by atoms with van der Waals surface area (Å²) in [6.45, 7) is 0. The van der Waals surface area contributed by atoms with E-state index in [0.717, 1.165) is 12.3 Å². The zero-order valence-electron chi connectivity index (χ0n) is 6.74. The Balaban J connectivity index is 3.21. The lowest BCUT2D eigenvalue weighted by Crippen LogP contribution is -2.07. The first-order valence-electron chi connectivity index (χ1n) is 3.42. The molecule has 14 heavy (non-hydrogen) atoms. The Morgan fingerprint density at radius 2 is 2.14 bits per heavy atom. The first-order chi connectivity index (χ1) is 6.32. The van der Waals surface area contributed by atoms with Gasteiger partial charge in [-0.1, -0.05) is 9.24 Å². The van der Waals surface area contributed by atoms with Gasteiger partial charge in [-0.3, -0.25) is 0 Å². The minimum absolute atomic E-state index is 0.347. The van der Waals surface area contributed by atoms with E-state index in [4.69, 9.17) is 10.2 Å². The van der Waals surface area contributed by atoms with Crippen LogP contribution in [0.1, 0.15) is 16.1 Å². The van der Waals surface area contributed by atoms with Crippen LogP contribution in [0.4, 0.5) is 8.78 Å². The highest BCUT2D eigenvalue weighted by Gasteiger charge is 2.30. The summed E-state index contributed by atoms with van der Waals surface area (Å²) in [4.78, 5) is 13.5. The van der Waals surface area contributed by atoms with Crippen molar-refractivity contribution in [2.24, 2.45) is 0 Å². The Morgan fingerprint density at radius 1 is 1.57 bits per heavy atom. The average Bonchev–Trinajstić information content (AvgIpc) is 2.01. The molecule has 1 aromatic heterocycles. The standard InChI is InChI=1S/C7H6F2NO3P/c8-7(9,14)5-4(11)1-3(2-10-5)6(12)13/h1-2,11H,14H2,(H,12,13). The number of hydrogen-bond donors (Lipinski definition) is 2. The summed E-state index contributed by atoms with van der Waals surface area (Å²) in [5.41, 5.74) is -4.59. The second-order valence-electron chi connectivity index (χ2n) is 2.52. The maximum atomic E-state index is 12.6. The van der Waals surface area contributed by atoms with E-state index in [9.17, 15) is 13.6 Å². The number of carboxylic acids is 1. The van der Waals surface area contributed by atoms with E-state index in [-0.39, 0.29) is 5.56 Å². The largest absolute Gasteiger partial charge is 0.506 e. The van der Waals surface area contributed by atoms with Crippen molar-refractivity contribution in [1.29, 1.82) is 0 Å². The Bertz CT molecular complexity index is 378. The van der Waals surface area contributed by atoms with Crippen molar-refractivity contribution in [3.05, 3.63) is 23.5 Å². The topological polar surface area (TPSA) is 70.4 Å². The molecule has 0 saturated heterocycles. The molecule has 76 valence electrons. The Hall–Kier alpha value is -1.29. The smallest absolute Gasteiger partial charge is 0.337 e. The molecule has 0 aliphatic carbocycles. The maximum Gasteiger partial charge on any atom is 0.337 e. The number of pyridine rings is 1. The number of alkyl halides is 2. The van der Waals surface area contributed by atoms with Crippen LogP contribution in [0.25, 0.3) is 0 Å². The molecule has 1 atom stereocenters. The van der Waals surface area contributed by atoms with E-state index in [1.807, 2.05) is 0 Å². The lowest BCUT2D eigenvalue weighted by molar-refractivity contribution is 0.0692. The molecule has 0 radical (unpaired) electrons. The van der Waals surface area contributed by atoms with E-state index in [1.165, 1.54) is 9.24 Å². The third-order valence-electron chi connectivity index (χ3n) is 1.43. The molecular formula is C7H6F2NO3P. The monoisotopic (exact) mass is 221 g/mol. The normalized spacial score (nSPS) is 11.4. The molecule has 1 heterocycles. The molecule has 0 aliphatic rings. The first kappa shape index (κ1) is 10.8. The third-order valence-corrected chi connectivity index (χ3v) is 1.70. The molecule has 0 spiro atoms. The van der Waals surface area contributed by atoms with E-state index >= 15 is 0 Å². The van der Waals surface area contributed by atoms with Gasteiger partial charge in [0.05, 0.1) is 5.56 Å². The second kappa shape index (κ2) is 3.46. The lowest BCUT2D eigenvalue weighted by Gasteiger charge is -2.10. The minimum Gasteiger partial charge on any atom is -0.506 e. The molecule has 0 fully saturated rings. The Labute approximate surface area is 79.8 Å². The highest BCUT2D eigenvalue weighted by Crippen LogP contribution is 2.38. The second-order valence-corrected chi connectivity index (χ2v) is 3.24. The number of carbonyl (C=O) groups is 1. The number of hydrogen-bond acceptors (Lipinski definition) is 3. The summed E-state index contributed by atoms with van der Waals surface area (Å²) in [5.74, 6) is -2.18. The van der Waals surface area contributed by atoms with Crippen LogP contribution in [0.15, 0.2) is 12.3 Å². The van der Waals surface area contributed by atoms with Gasteiger partial charge in [0, 0.05) is 6.20 Å². The number of carboxylic acid groups (broad SMARTS) is 1. The number of nitrogens with zero attached hydrogens (tertiary/aromatic N) is 1. The maximum absolute atomic E-state index is 12.6. The van der Waals surface area contributed by atoms with Crippen LogP contribution in [0, 0.1) is 0 Å². The highest BCUT2D eigenvalue weighted by molar-refractivity contribution is 7.17. The average molecular weight is 221 g/mol. The van der Waals surface area contributed by atoms with Gasteiger partial charge in [0.25, 0.3) is 0 Å². The van der Waals surface area contributed by atoms with Gasteiger partial charge in [0.2, 0.25) is 0 Å². The van der Waals surface area contributed by atoms with E-state index in [0.29, 0.717) is 0 Å². The molecule has 2 N–H and O–H groups in total. The predicted molar refractivity (Wildman–Crippen MR) is 46.5 cm³/mol. The molecule has 0 saturated carbocycles. The quantitative estimate of drug-likeness (QED) is 0.740. The van der Waals surface area contributed by atoms with Gasteiger partial charge < -0.3 is 10.2 Å². The molecular weight excluding hydrogens is 215 g/mol.